The van der Waals surface area contributed by atoms with Gasteiger partial charge in [-0.2, -0.15) is 0 Å². The largest absolute Gasteiger partial charge is 0.343 e. The molecule has 0 unspecified atom stereocenters. The fraction of sp³-hybridized carbons (Fsp3) is 0.462. The number of anilines is 1. The van der Waals surface area contributed by atoms with Crippen molar-refractivity contribution in [3.63, 3.8) is 0 Å². The molecule has 3 rings (SSSR count). The fourth-order valence-electron chi connectivity index (χ4n) is 2.41. The number of guanidine groups is 1. The van der Waals surface area contributed by atoms with Gasteiger partial charge in [-0.3, -0.25) is 4.99 Å². The van der Waals surface area contributed by atoms with Crippen LogP contribution in [0.5, 0.6) is 0 Å². The highest BCUT2D eigenvalue weighted by molar-refractivity contribution is 5.95. The molecule has 1 aromatic rings. The maximum absolute atomic E-state index is 4.65. The Balaban J connectivity index is 1.85. The highest BCUT2D eigenvalue weighted by atomic mass is 15.3. The number of hydrogen-bond acceptors (Lipinski definition) is 3. The third-order valence-electron chi connectivity index (χ3n) is 3.31. The summed E-state index contributed by atoms with van der Waals surface area (Å²) in [4.78, 5) is 7.01. The fourth-order valence-corrected chi connectivity index (χ4v) is 2.41. The normalized spacial score (nSPS) is 19.8. The van der Waals surface area contributed by atoms with Crippen molar-refractivity contribution in [2.45, 2.75) is 19.3 Å². The van der Waals surface area contributed by atoms with E-state index in [1.54, 1.807) is 0 Å². The van der Waals surface area contributed by atoms with Crippen LogP contribution in [0.4, 0.5) is 5.69 Å². The zero-order valence-electron chi connectivity index (χ0n) is 9.45. The molecule has 16 heavy (non-hydrogen) atoms. The maximum atomic E-state index is 4.65. The summed E-state index contributed by atoms with van der Waals surface area (Å²) < 4.78 is 0. The van der Waals surface area contributed by atoms with E-state index in [0.717, 1.165) is 32.0 Å². The molecular weight excluding hydrogens is 198 g/mol. The van der Waals surface area contributed by atoms with Crippen LogP contribution in [0.2, 0.25) is 0 Å². The summed E-state index contributed by atoms with van der Waals surface area (Å²) in [6.45, 7) is 3.19. The summed E-state index contributed by atoms with van der Waals surface area (Å²) in [7, 11) is 0. The predicted octanol–water partition coefficient (Wildman–Crippen LogP) is 2.11. The highest BCUT2D eigenvalue weighted by Gasteiger charge is 2.18. The van der Waals surface area contributed by atoms with Gasteiger partial charge in [-0.15, -0.1) is 0 Å². The molecule has 0 aromatic heterocycles. The van der Waals surface area contributed by atoms with Crippen molar-refractivity contribution in [2.24, 2.45) is 4.99 Å². The van der Waals surface area contributed by atoms with Crippen molar-refractivity contribution in [1.82, 2.24) is 4.90 Å². The number of nitrogens with one attached hydrogen (secondary N) is 1. The van der Waals surface area contributed by atoms with Gasteiger partial charge in [-0.05, 0) is 30.9 Å². The quantitative estimate of drug-likeness (QED) is 0.717. The molecule has 2 heterocycles. The topological polar surface area (TPSA) is 27.6 Å². The van der Waals surface area contributed by atoms with E-state index in [1.807, 2.05) is 0 Å². The summed E-state index contributed by atoms with van der Waals surface area (Å²) in [5.41, 5.74) is 2.60. The van der Waals surface area contributed by atoms with Gasteiger partial charge in [0.05, 0.1) is 0 Å². The van der Waals surface area contributed by atoms with Gasteiger partial charge in [0.15, 0.2) is 5.96 Å². The third-order valence-corrected chi connectivity index (χ3v) is 3.31. The van der Waals surface area contributed by atoms with E-state index in [1.165, 1.54) is 24.1 Å². The lowest BCUT2D eigenvalue weighted by Gasteiger charge is -2.20. The van der Waals surface area contributed by atoms with Gasteiger partial charge in [0.2, 0.25) is 0 Å². The molecule has 1 fully saturated rings. The Labute approximate surface area is 96.2 Å². The van der Waals surface area contributed by atoms with Crippen molar-refractivity contribution >= 4 is 11.6 Å². The van der Waals surface area contributed by atoms with Crippen molar-refractivity contribution in [3.05, 3.63) is 29.8 Å². The standard InChI is InChI=1S/C13H17N3/c1-2-6-12-11(5-1)7-8-14-13(15-12)16-9-3-4-10-16/h1-2,5-6H,3-4,7-10H2,(H,14,15). The molecular formula is C13H17N3. The highest BCUT2D eigenvalue weighted by Crippen LogP contribution is 2.20. The van der Waals surface area contributed by atoms with Gasteiger partial charge in [-0.25, -0.2) is 0 Å². The molecule has 0 bridgehead atoms. The second-order valence-electron chi connectivity index (χ2n) is 4.43. The van der Waals surface area contributed by atoms with E-state index in [4.69, 9.17) is 0 Å². The lowest BCUT2D eigenvalue weighted by molar-refractivity contribution is 0.516. The smallest absolute Gasteiger partial charge is 0.198 e. The first-order valence-corrected chi connectivity index (χ1v) is 6.08. The average molecular weight is 215 g/mol. The number of para-hydroxylation sites is 1. The van der Waals surface area contributed by atoms with Crippen LogP contribution in [-0.4, -0.2) is 30.5 Å². The summed E-state index contributed by atoms with van der Waals surface area (Å²) in [6.07, 6.45) is 3.63. The molecule has 2 aliphatic rings. The number of hydrogen-bond donors (Lipinski definition) is 1. The van der Waals surface area contributed by atoms with E-state index in [0.29, 0.717) is 0 Å². The Bertz CT molecular complexity index is 405. The van der Waals surface area contributed by atoms with Crippen molar-refractivity contribution in [1.29, 1.82) is 0 Å². The van der Waals surface area contributed by atoms with Gasteiger partial charge in [0.1, 0.15) is 0 Å². The molecule has 0 atom stereocenters. The van der Waals surface area contributed by atoms with E-state index in [9.17, 15) is 0 Å². The molecule has 0 saturated carbocycles. The second-order valence-corrected chi connectivity index (χ2v) is 4.43. The Morgan fingerprint density at radius 1 is 1.12 bits per heavy atom. The zero-order chi connectivity index (χ0) is 10.8. The van der Waals surface area contributed by atoms with Crippen LogP contribution in [0, 0.1) is 0 Å². The SMILES string of the molecule is c1ccc2c(c1)CCN=C(N1CCCC1)N2. The van der Waals surface area contributed by atoms with Crippen LogP contribution in [0.1, 0.15) is 18.4 Å². The summed E-state index contributed by atoms with van der Waals surface area (Å²) in [5.74, 6) is 1.07. The molecule has 2 aliphatic heterocycles. The first kappa shape index (κ1) is 9.70. The Kier molecular flexibility index (Phi) is 2.52. The molecule has 0 spiro atoms. The van der Waals surface area contributed by atoms with Crippen LogP contribution in [0.25, 0.3) is 0 Å². The van der Waals surface area contributed by atoms with Gasteiger partial charge in [0.25, 0.3) is 0 Å². The van der Waals surface area contributed by atoms with Gasteiger partial charge < -0.3 is 10.2 Å². The number of likely N-dealkylation sites (tertiary alicyclic amines) is 1. The van der Waals surface area contributed by atoms with Crippen molar-refractivity contribution in [3.8, 4) is 0 Å². The lowest BCUT2D eigenvalue weighted by Crippen LogP contribution is -2.33. The minimum absolute atomic E-state index is 0.899. The minimum atomic E-state index is 0.899. The summed E-state index contributed by atoms with van der Waals surface area (Å²) >= 11 is 0. The zero-order valence-corrected chi connectivity index (χ0v) is 9.45. The number of aliphatic imine (C=N–C) groups is 1. The third kappa shape index (κ3) is 1.77. The number of fused-ring (bicyclic) bond motifs is 1. The summed E-state index contributed by atoms with van der Waals surface area (Å²) in [5, 5.41) is 3.48. The maximum Gasteiger partial charge on any atom is 0.198 e. The molecule has 1 saturated heterocycles. The molecule has 0 aliphatic carbocycles. The Hall–Kier alpha value is -1.51. The molecule has 1 N–H and O–H groups in total. The van der Waals surface area contributed by atoms with Crippen LogP contribution in [0.15, 0.2) is 29.3 Å². The van der Waals surface area contributed by atoms with E-state index in [-0.39, 0.29) is 0 Å². The van der Waals surface area contributed by atoms with Gasteiger partial charge in [0, 0.05) is 25.3 Å². The Morgan fingerprint density at radius 3 is 2.81 bits per heavy atom. The molecule has 1 aromatic carbocycles. The molecule has 0 amide bonds. The van der Waals surface area contributed by atoms with E-state index >= 15 is 0 Å². The lowest BCUT2D eigenvalue weighted by atomic mass is 10.1. The molecule has 3 nitrogen and oxygen atoms in total. The first-order chi connectivity index (χ1) is 7.93. The molecule has 0 radical (unpaired) electrons. The molecule has 84 valence electrons. The van der Waals surface area contributed by atoms with Crippen LogP contribution in [-0.2, 0) is 6.42 Å². The number of rotatable bonds is 0. The predicted molar refractivity (Wildman–Crippen MR) is 66.9 cm³/mol. The van der Waals surface area contributed by atoms with Crippen LogP contribution >= 0.6 is 0 Å². The summed E-state index contributed by atoms with van der Waals surface area (Å²) in [6, 6.07) is 8.51. The van der Waals surface area contributed by atoms with Gasteiger partial charge >= 0.3 is 0 Å². The Morgan fingerprint density at radius 2 is 1.94 bits per heavy atom. The monoisotopic (exact) mass is 215 g/mol. The van der Waals surface area contributed by atoms with Crippen LogP contribution in [0.3, 0.4) is 0 Å². The van der Waals surface area contributed by atoms with E-state index in [2.05, 4.69) is 39.5 Å². The van der Waals surface area contributed by atoms with E-state index < -0.39 is 0 Å². The van der Waals surface area contributed by atoms with Crippen LogP contribution < -0.4 is 5.32 Å². The average Bonchev–Trinajstić information content (AvgIpc) is 2.75. The van der Waals surface area contributed by atoms with Crippen molar-refractivity contribution in [2.75, 3.05) is 25.0 Å². The van der Waals surface area contributed by atoms with Gasteiger partial charge in [-0.1, -0.05) is 18.2 Å². The number of benzene rings is 1. The first-order valence-electron chi connectivity index (χ1n) is 6.08. The van der Waals surface area contributed by atoms with Crippen molar-refractivity contribution < 1.29 is 0 Å². The number of nitrogens with zero attached hydrogens (tertiary/aromatic N) is 2. The molecule has 3 heteroatoms. The minimum Gasteiger partial charge on any atom is -0.343 e. The second kappa shape index (κ2) is 4.16.